The van der Waals surface area contributed by atoms with E-state index in [-0.39, 0.29) is 0 Å². The lowest BCUT2D eigenvalue weighted by molar-refractivity contribution is 0.212. The fraction of sp³-hybridized carbons (Fsp3) is 0.364. The topological polar surface area (TPSA) is 30.8 Å². The Balaban J connectivity index is 2.64. The van der Waals surface area contributed by atoms with Crippen molar-refractivity contribution < 1.29 is 9.57 Å². The summed E-state index contributed by atoms with van der Waals surface area (Å²) in [5, 5.41) is 3.85. The normalized spacial score (nSPS) is 11.2. The van der Waals surface area contributed by atoms with Crippen LogP contribution in [0.15, 0.2) is 29.4 Å². The van der Waals surface area contributed by atoms with Crippen molar-refractivity contribution in [2.24, 2.45) is 5.16 Å². The average molecular weight is 193 g/mol. The number of hydrogen-bond acceptors (Lipinski definition) is 3. The Morgan fingerprint density at radius 2 is 1.86 bits per heavy atom. The predicted octanol–water partition coefficient (Wildman–Crippen LogP) is 2.26. The largest absolute Gasteiger partial charge is 0.497 e. The third-order valence-corrected chi connectivity index (χ3v) is 1.87. The molecule has 0 aliphatic rings. The van der Waals surface area contributed by atoms with E-state index in [1.54, 1.807) is 14.2 Å². The molecular weight excluding hydrogens is 178 g/mol. The summed E-state index contributed by atoms with van der Waals surface area (Å²) in [4.78, 5) is 4.68. The molecule has 0 aliphatic carbocycles. The van der Waals surface area contributed by atoms with E-state index in [1.807, 2.05) is 31.2 Å². The van der Waals surface area contributed by atoms with Crippen molar-refractivity contribution in [3.8, 4) is 5.75 Å². The lowest BCUT2D eigenvalue weighted by atomic mass is 10.1. The molecule has 3 nitrogen and oxygen atoms in total. The Labute approximate surface area is 84.3 Å². The molecule has 0 unspecified atom stereocenters. The molecule has 0 heterocycles. The van der Waals surface area contributed by atoms with E-state index in [9.17, 15) is 0 Å². The van der Waals surface area contributed by atoms with Crippen molar-refractivity contribution >= 4 is 5.71 Å². The highest BCUT2D eigenvalue weighted by Crippen LogP contribution is 2.11. The van der Waals surface area contributed by atoms with Gasteiger partial charge in [-0.1, -0.05) is 17.3 Å². The van der Waals surface area contributed by atoms with Crippen molar-refractivity contribution in [1.82, 2.24) is 0 Å². The van der Waals surface area contributed by atoms with Gasteiger partial charge in [0.1, 0.15) is 12.9 Å². The minimum atomic E-state index is 0.803. The monoisotopic (exact) mass is 193 g/mol. The van der Waals surface area contributed by atoms with Gasteiger partial charge < -0.3 is 9.57 Å². The summed E-state index contributed by atoms with van der Waals surface area (Å²) in [6.07, 6.45) is 0.803. The Morgan fingerprint density at radius 3 is 2.36 bits per heavy atom. The first-order chi connectivity index (χ1) is 6.76. The van der Waals surface area contributed by atoms with Crippen LogP contribution in [-0.4, -0.2) is 19.9 Å². The van der Waals surface area contributed by atoms with Gasteiger partial charge in [0, 0.05) is 6.42 Å². The molecule has 0 fully saturated rings. The van der Waals surface area contributed by atoms with Crippen LogP contribution in [-0.2, 0) is 11.3 Å². The van der Waals surface area contributed by atoms with Crippen molar-refractivity contribution in [2.45, 2.75) is 13.3 Å². The lowest BCUT2D eigenvalue weighted by Gasteiger charge is -2.02. The zero-order valence-corrected chi connectivity index (χ0v) is 8.78. The highest BCUT2D eigenvalue weighted by Gasteiger charge is 1.97. The molecule has 1 aromatic carbocycles. The molecule has 1 rings (SSSR count). The molecule has 76 valence electrons. The van der Waals surface area contributed by atoms with Crippen LogP contribution in [0.2, 0.25) is 0 Å². The summed E-state index contributed by atoms with van der Waals surface area (Å²) < 4.78 is 5.07. The maximum absolute atomic E-state index is 5.07. The summed E-state index contributed by atoms with van der Waals surface area (Å²) in [7, 11) is 3.21. The fourth-order valence-corrected chi connectivity index (χ4v) is 1.23. The van der Waals surface area contributed by atoms with Crippen LogP contribution in [0.4, 0.5) is 0 Å². The number of hydrogen-bond donors (Lipinski definition) is 0. The Hall–Kier alpha value is -1.51. The molecule has 0 atom stereocenters. The number of methoxy groups -OCH3 is 1. The minimum Gasteiger partial charge on any atom is -0.497 e. The standard InChI is InChI=1S/C11H15NO2/c1-9(12-14-3)8-10-4-6-11(13-2)7-5-10/h4-7H,8H2,1-3H3. The molecule has 0 saturated carbocycles. The van der Waals surface area contributed by atoms with Gasteiger partial charge in [0.25, 0.3) is 0 Å². The molecule has 1 aromatic rings. The van der Waals surface area contributed by atoms with E-state index in [0.717, 1.165) is 17.9 Å². The van der Waals surface area contributed by atoms with Crippen LogP contribution in [0.1, 0.15) is 12.5 Å². The molecule has 0 bridgehead atoms. The average Bonchev–Trinajstić information content (AvgIpc) is 2.19. The van der Waals surface area contributed by atoms with Crippen molar-refractivity contribution in [3.63, 3.8) is 0 Å². The van der Waals surface area contributed by atoms with Crippen LogP contribution < -0.4 is 4.74 Å². The first kappa shape index (κ1) is 10.6. The lowest BCUT2D eigenvalue weighted by Crippen LogP contribution is -1.98. The Kier molecular flexibility index (Phi) is 3.98. The highest BCUT2D eigenvalue weighted by molar-refractivity contribution is 5.83. The number of nitrogens with zero attached hydrogens (tertiary/aromatic N) is 1. The maximum Gasteiger partial charge on any atom is 0.118 e. The van der Waals surface area contributed by atoms with E-state index in [4.69, 9.17) is 4.74 Å². The molecule has 0 aromatic heterocycles. The molecule has 0 spiro atoms. The molecule has 0 saturated heterocycles. The van der Waals surface area contributed by atoms with Gasteiger partial charge in [-0.05, 0) is 24.6 Å². The molecule has 3 heteroatoms. The van der Waals surface area contributed by atoms with E-state index < -0.39 is 0 Å². The Bertz CT molecular complexity index is 304. The van der Waals surface area contributed by atoms with E-state index >= 15 is 0 Å². The quantitative estimate of drug-likeness (QED) is 0.542. The third-order valence-electron chi connectivity index (χ3n) is 1.87. The summed E-state index contributed by atoms with van der Waals surface area (Å²) in [5.41, 5.74) is 2.15. The third kappa shape index (κ3) is 3.09. The van der Waals surface area contributed by atoms with E-state index in [1.165, 1.54) is 5.56 Å². The second kappa shape index (κ2) is 5.27. The minimum absolute atomic E-state index is 0.803. The maximum atomic E-state index is 5.07. The van der Waals surface area contributed by atoms with Gasteiger partial charge in [-0.25, -0.2) is 0 Å². The van der Waals surface area contributed by atoms with Crippen molar-refractivity contribution in [2.75, 3.05) is 14.2 Å². The van der Waals surface area contributed by atoms with Gasteiger partial charge in [0.05, 0.1) is 12.8 Å². The second-order valence-electron chi connectivity index (χ2n) is 3.03. The van der Waals surface area contributed by atoms with Crippen molar-refractivity contribution in [1.29, 1.82) is 0 Å². The van der Waals surface area contributed by atoms with Crippen LogP contribution in [0.3, 0.4) is 0 Å². The summed E-state index contributed by atoms with van der Waals surface area (Å²) in [6.45, 7) is 1.94. The zero-order chi connectivity index (χ0) is 10.4. The number of benzene rings is 1. The summed E-state index contributed by atoms with van der Waals surface area (Å²) in [6, 6.07) is 7.92. The molecule has 0 N–H and O–H groups in total. The number of rotatable bonds is 4. The second-order valence-corrected chi connectivity index (χ2v) is 3.03. The van der Waals surface area contributed by atoms with Gasteiger partial charge in [-0.3, -0.25) is 0 Å². The van der Waals surface area contributed by atoms with Crippen LogP contribution in [0.5, 0.6) is 5.75 Å². The highest BCUT2D eigenvalue weighted by atomic mass is 16.6. The van der Waals surface area contributed by atoms with Gasteiger partial charge in [0.2, 0.25) is 0 Å². The zero-order valence-electron chi connectivity index (χ0n) is 8.78. The van der Waals surface area contributed by atoms with Crippen LogP contribution >= 0.6 is 0 Å². The van der Waals surface area contributed by atoms with E-state index in [2.05, 4.69) is 9.99 Å². The molecular formula is C11H15NO2. The molecule has 0 aliphatic heterocycles. The van der Waals surface area contributed by atoms with Crippen LogP contribution in [0.25, 0.3) is 0 Å². The first-order valence-corrected chi connectivity index (χ1v) is 4.46. The predicted molar refractivity (Wildman–Crippen MR) is 56.8 cm³/mol. The van der Waals surface area contributed by atoms with Crippen LogP contribution in [0, 0.1) is 0 Å². The first-order valence-electron chi connectivity index (χ1n) is 4.46. The summed E-state index contributed by atoms with van der Waals surface area (Å²) in [5.74, 6) is 0.870. The van der Waals surface area contributed by atoms with E-state index in [0.29, 0.717) is 0 Å². The van der Waals surface area contributed by atoms with Gasteiger partial charge in [-0.15, -0.1) is 0 Å². The SMILES string of the molecule is CON=C(C)Cc1ccc(OC)cc1. The molecule has 0 radical (unpaired) electrons. The smallest absolute Gasteiger partial charge is 0.118 e. The van der Waals surface area contributed by atoms with Gasteiger partial charge in [0.15, 0.2) is 0 Å². The molecule has 0 amide bonds. The van der Waals surface area contributed by atoms with Gasteiger partial charge >= 0.3 is 0 Å². The van der Waals surface area contributed by atoms with Gasteiger partial charge in [-0.2, -0.15) is 0 Å². The Morgan fingerprint density at radius 1 is 1.21 bits per heavy atom. The number of oxime groups is 1. The van der Waals surface area contributed by atoms with Crippen molar-refractivity contribution in [3.05, 3.63) is 29.8 Å². The number of ether oxygens (including phenoxy) is 1. The molecule has 14 heavy (non-hydrogen) atoms. The fourth-order valence-electron chi connectivity index (χ4n) is 1.23. The summed E-state index contributed by atoms with van der Waals surface area (Å²) >= 11 is 0.